The Bertz CT molecular complexity index is 447. The van der Waals surface area contributed by atoms with Crippen LogP contribution in [0.3, 0.4) is 0 Å². The van der Waals surface area contributed by atoms with Crippen molar-refractivity contribution in [3.63, 3.8) is 0 Å². The summed E-state index contributed by atoms with van der Waals surface area (Å²) >= 11 is 0. The molecule has 0 aromatic heterocycles. The van der Waals surface area contributed by atoms with Gasteiger partial charge in [0, 0.05) is 6.42 Å². The van der Waals surface area contributed by atoms with Crippen molar-refractivity contribution in [2.24, 2.45) is 0 Å². The first-order valence-corrected chi connectivity index (χ1v) is 16.6. The van der Waals surface area contributed by atoms with E-state index in [0.29, 0.717) is 98.9 Å². The van der Waals surface area contributed by atoms with E-state index in [1.54, 1.807) is 0 Å². The molecule has 0 aliphatic rings. The number of esters is 1. The van der Waals surface area contributed by atoms with Crippen LogP contribution in [0.1, 0.15) is 45.4 Å². The highest BCUT2D eigenvalue weighted by Gasteiger charge is 2.13. The second kappa shape index (κ2) is 26.5. The molecule has 0 fully saturated rings. The average Bonchev–Trinajstić information content (AvgIpc) is 2.81. The molecule has 0 saturated heterocycles. The molecule has 0 aliphatic heterocycles. The molecular formula is C25H52O9Si. The molecule has 0 aliphatic carbocycles. The highest BCUT2D eigenvalue weighted by Crippen LogP contribution is 2.05. The molecule has 35 heavy (non-hydrogen) atoms. The van der Waals surface area contributed by atoms with Gasteiger partial charge in [0.1, 0.15) is 6.61 Å². The van der Waals surface area contributed by atoms with Crippen LogP contribution >= 0.6 is 0 Å². The van der Waals surface area contributed by atoms with Crippen LogP contribution in [0.2, 0.25) is 19.6 Å². The first kappa shape index (κ1) is 34.4. The van der Waals surface area contributed by atoms with Gasteiger partial charge in [0.2, 0.25) is 0 Å². The molecule has 0 bridgehead atoms. The van der Waals surface area contributed by atoms with E-state index < -0.39 is 8.32 Å². The Morgan fingerprint density at radius 1 is 0.514 bits per heavy atom. The smallest absolute Gasteiger partial charge is 0.305 e. The zero-order chi connectivity index (χ0) is 25.9. The summed E-state index contributed by atoms with van der Waals surface area (Å²) in [5.74, 6) is -0.140. The normalized spacial score (nSPS) is 11.8. The van der Waals surface area contributed by atoms with Crippen LogP contribution in [0, 0.1) is 0 Å². The van der Waals surface area contributed by atoms with Crippen LogP contribution in [0.15, 0.2) is 0 Å². The van der Waals surface area contributed by atoms with Gasteiger partial charge in [0.25, 0.3) is 0 Å². The Balaban J connectivity index is 3.12. The summed E-state index contributed by atoms with van der Waals surface area (Å²) in [4.78, 5) is 11.6. The lowest BCUT2D eigenvalue weighted by Crippen LogP contribution is -2.27. The van der Waals surface area contributed by atoms with Gasteiger partial charge in [-0.15, -0.1) is 0 Å². The first-order chi connectivity index (χ1) is 17.0. The van der Waals surface area contributed by atoms with E-state index in [2.05, 4.69) is 26.6 Å². The Morgan fingerprint density at radius 2 is 0.886 bits per heavy atom. The first-order valence-electron chi connectivity index (χ1n) is 13.2. The highest BCUT2D eigenvalue weighted by molar-refractivity contribution is 6.69. The standard InChI is InChI=1S/C25H52O9Si/c1-5-6-7-8-9-10-25(26)33-23-21-31-19-17-29-15-13-27-11-12-28-14-16-30-18-20-32-22-24-34-35(2,3)4/h5-24H2,1-4H3. The third-order valence-corrected chi connectivity index (χ3v) is 5.67. The molecular weight excluding hydrogens is 472 g/mol. The molecule has 9 nitrogen and oxygen atoms in total. The minimum atomic E-state index is -1.44. The molecule has 0 unspecified atom stereocenters. The van der Waals surface area contributed by atoms with E-state index >= 15 is 0 Å². The van der Waals surface area contributed by atoms with Gasteiger partial charge in [-0.05, 0) is 26.1 Å². The Hall–Kier alpha value is -0.593. The fourth-order valence-corrected chi connectivity index (χ4v) is 3.46. The lowest BCUT2D eigenvalue weighted by atomic mass is 10.1. The molecule has 0 radical (unpaired) electrons. The summed E-state index contributed by atoms with van der Waals surface area (Å²) in [7, 11) is -1.44. The number of carbonyl (C=O) groups excluding carboxylic acids is 1. The van der Waals surface area contributed by atoms with Gasteiger partial charge in [-0.2, -0.15) is 0 Å². The van der Waals surface area contributed by atoms with Crippen LogP contribution in [0.25, 0.3) is 0 Å². The van der Waals surface area contributed by atoms with Crippen LogP contribution in [-0.4, -0.2) is 107 Å². The fourth-order valence-electron chi connectivity index (χ4n) is 2.77. The molecule has 0 atom stereocenters. The van der Waals surface area contributed by atoms with Crippen molar-refractivity contribution in [2.75, 3.05) is 92.5 Å². The summed E-state index contributed by atoms with van der Waals surface area (Å²) in [6, 6.07) is 0. The number of ether oxygens (including phenoxy) is 7. The van der Waals surface area contributed by atoms with E-state index in [4.69, 9.17) is 37.6 Å². The van der Waals surface area contributed by atoms with Gasteiger partial charge in [0.05, 0.1) is 85.9 Å². The van der Waals surface area contributed by atoms with Gasteiger partial charge in [-0.3, -0.25) is 4.79 Å². The van der Waals surface area contributed by atoms with Crippen LogP contribution < -0.4 is 0 Å². The van der Waals surface area contributed by atoms with Crippen LogP contribution in [-0.2, 0) is 42.4 Å². The van der Waals surface area contributed by atoms with Crippen molar-refractivity contribution < 1.29 is 42.4 Å². The monoisotopic (exact) mass is 524 g/mol. The van der Waals surface area contributed by atoms with Crippen molar-refractivity contribution >= 4 is 14.3 Å². The summed E-state index contributed by atoms with van der Waals surface area (Å²) in [5, 5.41) is 0. The summed E-state index contributed by atoms with van der Waals surface area (Å²) in [6.07, 6.45) is 6.12. The van der Waals surface area contributed by atoms with Gasteiger partial charge in [-0.1, -0.05) is 32.6 Å². The average molecular weight is 525 g/mol. The lowest BCUT2D eigenvalue weighted by Gasteiger charge is -2.16. The van der Waals surface area contributed by atoms with Crippen molar-refractivity contribution in [3.05, 3.63) is 0 Å². The maximum absolute atomic E-state index is 11.6. The lowest BCUT2D eigenvalue weighted by molar-refractivity contribution is -0.145. The molecule has 0 saturated carbocycles. The number of carbonyl (C=O) groups is 1. The molecule has 0 rings (SSSR count). The molecule has 0 amide bonds. The molecule has 0 heterocycles. The Labute approximate surface area is 214 Å². The van der Waals surface area contributed by atoms with E-state index in [1.807, 2.05) is 0 Å². The van der Waals surface area contributed by atoms with E-state index in [-0.39, 0.29) is 5.97 Å². The van der Waals surface area contributed by atoms with Gasteiger partial charge < -0.3 is 37.6 Å². The molecule has 0 aromatic rings. The summed E-state index contributed by atoms with van der Waals surface area (Å²) in [6.45, 7) is 15.8. The predicted molar refractivity (Wildman–Crippen MR) is 139 cm³/mol. The number of hydrogen-bond acceptors (Lipinski definition) is 9. The molecule has 0 spiro atoms. The molecule has 210 valence electrons. The van der Waals surface area contributed by atoms with E-state index in [1.165, 1.54) is 19.3 Å². The Morgan fingerprint density at radius 3 is 1.29 bits per heavy atom. The molecule has 0 aromatic carbocycles. The van der Waals surface area contributed by atoms with Crippen LogP contribution in [0.5, 0.6) is 0 Å². The van der Waals surface area contributed by atoms with Crippen LogP contribution in [0.4, 0.5) is 0 Å². The second-order valence-electron chi connectivity index (χ2n) is 9.02. The number of hydrogen-bond donors (Lipinski definition) is 0. The number of unbranched alkanes of at least 4 members (excludes halogenated alkanes) is 4. The van der Waals surface area contributed by atoms with Crippen molar-refractivity contribution in [3.8, 4) is 0 Å². The maximum Gasteiger partial charge on any atom is 0.305 e. The third-order valence-electron chi connectivity index (χ3n) is 4.60. The van der Waals surface area contributed by atoms with Crippen molar-refractivity contribution in [2.45, 2.75) is 65.1 Å². The Kier molecular flexibility index (Phi) is 26.0. The van der Waals surface area contributed by atoms with Crippen molar-refractivity contribution in [1.29, 1.82) is 0 Å². The second-order valence-corrected chi connectivity index (χ2v) is 13.5. The summed E-state index contributed by atoms with van der Waals surface area (Å²) in [5.41, 5.74) is 0. The minimum absolute atomic E-state index is 0.140. The van der Waals surface area contributed by atoms with Gasteiger partial charge in [0.15, 0.2) is 8.32 Å². The molecule has 0 N–H and O–H groups in total. The maximum atomic E-state index is 11.6. The van der Waals surface area contributed by atoms with E-state index in [0.717, 1.165) is 12.8 Å². The zero-order valence-corrected chi connectivity index (χ0v) is 23.8. The van der Waals surface area contributed by atoms with E-state index in [9.17, 15) is 4.79 Å². The summed E-state index contributed by atoms with van der Waals surface area (Å²) < 4.78 is 43.5. The molecule has 10 heteroatoms. The highest BCUT2D eigenvalue weighted by atomic mass is 28.4. The quantitative estimate of drug-likeness (QED) is 0.0860. The number of rotatable bonds is 28. The predicted octanol–water partition coefficient (Wildman–Crippen LogP) is 3.84. The largest absolute Gasteiger partial charge is 0.463 e. The topological polar surface area (TPSA) is 90.9 Å². The SMILES string of the molecule is CCCCCCCC(=O)OCCOCCOCCOCCOCCOCCOCCO[Si](C)(C)C. The van der Waals surface area contributed by atoms with Crippen molar-refractivity contribution in [1.82, 2.24) is 0 Å². The van der Waals surface area contributed by atoms with Gasteiger partial charge in [-0.25, -0.2) is 0 Å². The zero-order valence-electron chi connectivity index (χ0n) is 22.8. The fraction of sp³-hybridized carbons (Fsp3) is 0.960. The third kappa shape index (κ3) is 31.4. The minimum Gasteiger partial charge on any atom is -0.463 e. The van der Waals surface area contributed by atoms with Gasteiger partial charge >= 0.3 is 5.97 Å².